The fraction of sp³-hybridized carbons (Fsp3) is 0.400. The summed E-state index contributed by atoms with van der Waals surface area (Å²) in [4.78, 5) is 4.78. The monoisotopic (exact) mass is 554 g/mol. The molecule has 0 bridgehead atoms. The lowest BCUT2D eigenvalue weighted by atomic mass is 10.2. The maximum atomic E-state index is 10.3. The normalized spacial score (nSPS) is 16.0. The van der Waals surface area contributed by atoms with Gasteiger partial charge in [0.15, 0.2) is 0 Å². The maximum absolute atomic E-state index is 10.3. The van der Waals surface area contributed by atoms with Gasteiger partial charge in [-0.25, -0.2) is 0 Å². The second-order valence-corrected chi connectivity index (χ2v) is 8.37. The number of β-amino-alcohol motifs (C(OH)–C–C–N with tert-alkyl or cyclic N) is 1. The fourth-order valence-electron chi connectivity index (χ4n) is 3.10. The van der Waals surface area contributed by atoms with Gasteiger partial charge in [-0.15, -0.1) is 24.8 Å². The molecule has 4 nitrogen and oxygen atoms in total. The summed E-state index contributed by atoms with van der Waals surface area (Å²) in [5.41, 5.74) is 1.36. The lowest BCUT2D eigenvalue weighted by Gasteiger charge is -2.35. The Morgan fingerprint density at radius 2 is 1.57 bits per heavy atom. The Labute approximate surface area is 196 Å². The molecule has 1 unspecified atom stereocenters. The van der Waals surface area contributed by atoms with Gasteiger partial charge >= 0.3 is 0 Å². The van der Waals surface area contributed by atoms with E-state index >= 15 is 0 Å². The van der Waals surface area contributed by atoms with Crippen LogP contribution in [0.2, 0.25) is 0 Å². The molecular weight excluding hydrogens is 531 g/mol. The van der Waals surface area contributed by atoms with E-state index in [0.717, 1.165) is 47.4 Å². The number of hydrogen-bond acceptors (Lipinski definition) is 4. The van der Waals surface area contributed by atoms with Crippen molar-refractivity contribution in [1.82, 2.24) is 9.80 Å². The van der Waals surface area contributed by atoms with Crippen molar-refractivity contribution in [2.24, 2.45) is 0 Å². The van der Waals surface area contributed by atoms with Gasteiger partial charge in [0, 0.05) is 43.7 Å². The van der Waals surface area contributed by atoms with Gasteiger partial charge in [0.2, 0.25) is 0 Å². The zero-order valence-electron chi connectivity index (χ0n) is 15.5. The van der Waals surface area contributed by atoms with Crippen LogP contribution in [0.25, 0.3) is 0 Å². The minimum Gasteiger partial charge on any atom is -0.490 e. The Kier molecular flexibility index (Phi) is 12.0. The summed E-state index contributed by atoms with van der Waals surface area (Å²) < 4.78 is 7.61. The third-order valence-electron chi connectivity index (χ3n) is 4.51. The van der Waals surface area contributed by atoms with Crippen molar-refractivity contribution in [3.63, 3.8) is 0 Å². The van der Waals surface area contributed by atoms with E-state index in [-0.39, 0.29) is 24.8 Å². The SMILES string of the molecule is Cl.Cl.OC(COc1ccc(Br)cc1Br)CN1CCN(Cc2ccccc2)CC1. The summed E-state index contributed by atoms with van der Waals surface area (Å²) in [6.07, 6.45) is -0.494. The molecule has 0 radical (unpaired) electrons. The molecule has 0 saturated carbocycles. The summed E-state index contributed by atoms with van der Waals surface area (Å²) in [7, 11) is 0. The predicted octanol–water partition coefficient (Wildman–Crippen LogP) is 4.61. The molecule has 3 rings (SSSR count). The second-order valence-electron chi connectivity index (χ2n) is 6.60. The van der Waals surface area contributed by atoms with Gasteiger partial charge in [0.05, 0.1) is 4.47 Å². The quantitative estimate of drug-likeness (QED) is 0.540. The minimum atomic E-state index is -0.494. The van der Waals surface area contributed by atoms with Gasteiger partial charge in [-0.05, 0) is 39.7 Å². The standard InChI is InChI=1S/C20H24Br2N2O2.2ClH/c21-17-6-7-20(19(22)12-17)26-15-18(25)14-24-10-8-23(9-11-24)13-16-4-2-1-3-5-16;;/h1-7,12,18,25H,8-11,13-15H2;2*1H. The van der Waals surface area contributed by atoms with E-state index in [0.29, 0.717) is 13.2 Å². The molecule has 1 fully saturated rings. The van der Waals surface area contributed by atoms with E-state index in [2.05, 4.69) is 72.0 Å². The molecule has 1 heterocycles. The molecular formula is C20H26Br2Cl2N2O2. The molecule has 2 aromatic rings. The van der Waals surface area contributed by atoms with E-state index in [4.69, 9.17) is 4.74 Å². The highest BCUT2D eigenvalue weighted by Crippen LogP contribution is 2.28. The highest BCUT2D eigenvalue weighted by atomic mass is 79.9. The molecule has 1 atom stereocenters. The molecule has 8 heteroatoms. The van der Waals surface area contributed by atoms with E-state index in [1.165, 1.54) is 5.56 Å². The van der Waals surface area contributed by atoms with Crippen molar-refractivity contribution >= 4 is 56.7 Å². The first-order valence-electron chi connectivity index (χ1n) is 8.85. The number of benzene rings is 2. The Bertz CT molecular complexity index is 702. The first-order chi connectivity index (χ1) is 12.6. The van der Waals surface area contributed by atoms with Crippen LogP contribution in [0.3, 0.4) is 0 Å². The van der Waals surface area contributed by atoms with E-state index in [9.17, 15) is 5.11 Å². The van der Waals surface area contributed by atoms with Gasteiger partial charge in [-0.2, -0.15) is 0 Å². The van der Waals surface area contributed by atoms with Crippen LogP contribution in [0.5, 0.6) is 5.75 Å². The Morgan fingerprint density at radius 3 is 2.21 bits per heavy atom. The molecule has 1 N–H and O–H groups in total. The topological polar surface area (TPSA) is 35.9 Å². The van der Waals surface area contributed by atoms with Crippen LogP contribution in [-0.2, 0) is 6.54 Å². The molecule has 28 heavy (non-hydrogen) atoms. The Hall–Kier alpha value is -0.340. The molecule has 1 aliphatic heterocycles. The Balaban J connectivity index is 0.00000196. The zero-order valence-corrected chi connectivity index (χ0v) is 20.3. The van der Waals surface area contributed by atoms with Crippen LogP contribution in [0, 0.1) is 0 Å². The van der Waals surface area contributed by atoms with Crippen LogP contribution in [-0.4, -0.2) is 60.3 Å². The van der Waals surface area contributed by atoms with Crippen molar-refractivity contribution < 1.29 is 9.84 Å². The number of aliphatic hydroxyl groups excluding tert-OH is 1. The number of piperazine rings is 1. The Morgan fingerprint density at radius 1 is 0.929 bits per heavy atom. The lowest BCUT2D eigenvalue weighted by molar-refractivity contribution is 0.0444. The molecule has 0 aromatic heterocycles. The number of nitrogens with zero attached hydrogens (tertiary/aromatic N) is 2. The first kappa shape index (κ1) is 25.7. The van der Waals surface area contributed by atoms with Crippen LogP contribution < -0.4 is 4.74 Å². The summed E-state index contributed by atoms with van der Waals surface area (Å²) in [5, 5.41) is 10.3. The molecule has 1 aliphatic rings. The highest BCUT2D eigenvalue weighted by Gasteiger charge is 2.19. The van der Waals surface area contributed by atoms with Crippen LogP contribution in [0.15, 0.2) is 57.5 Å². The lowest BCUT2D eigenvalue weighted by Crippen LogP contribution is -2.48. The van der Waals surface area contributed by atoms with E-state index < -0.39 is 6.10 Å². The summed E-state index contributed by atoms with van der Waals surface area (Å²) in [6, 6.07) is 16.3. The maximum Gasteiger partial charge on any atom is 0.133 e. The number of rotatable bonds is 7. The number of hydrogen-bond donors (Lipinski definition) is 1. The molecule has 0 amide bonds. The van der Waals surface area contributed by atoms with Crippen molar-refractivity contribution in [1.29, 1.82) is 0 Å². The number of aliphatic hydroxyl groups is 1. The third-order valence-corrected chi connectivity index (χ3v) is 5.62. The van der Waals surface area contributed by atoms with E-state index in [1.807, 2.05) is 18.2 Å². The molecule has 0 spiro atoms. The first-order valence-corrected chi connectivity index (χ1v) is 10.4. The van der Waals surface area contributed by atoms with Crippen molar-refractivity contribution in [3.8, 4) is 5.75 Å². The molecule has 0 aliphatic carbocycles. The largest absolute Gasteiger partial charge is 0.490 e. The minimum absolute atomic E-state index is 0. The number of ether oxygens (including phenoxy) is 1. The molecule has 156 valence electrons. The van der Waals surface area contributed by atoms with Gasteiger partial charge in [-0.1, -0.05) is 46.3 Å². The highest BCUT2D eigenvalue weighted by molar-refractivity contribution is 9.11. The van der Waals surface area contributed by atoms with Gasteiger partial charge in [-0.3, -0.25) is 9.80 Å². The van der Waals surface area contributed by atoms with Crippen molar-refractivity contribution in [2.75, 3.05) is 39.3 Å². The summed E-state index contributed by atoms with van der Waals surface area (Å²) in [6.45, 7) is 5.95. The van der Waals surface area contributed by atoms with Gasteiger partial charge < -0.3 is 9.84 Å². The van der Waals surface area contributed by atoms with Crippen LogP contribution >= 0.6 is 56.7 Å². The summed E-state index contributed by atoms with van der Waals surface area (Å²) >= 11 is 6.90. The average molecular weight is 557 g/mol. The zero-order chi connectivity index (χ0) is 18.4. The van der Waals surface area contributed by atoms with E-state index in [1.54, 1.807) is 0 Å². The van der Waals surface area contributed by atoms with Gasteiger partial charge in [0.25, 0.3) is 0 Å². The van der Waals surface area contributed by atoms with Gasteiger partial charge in [0.1, 0.15) is 18.5 Å². The third kappa shape index (κ3) is 8.19. The predicted molar refractivity (Wildman–Crippen MR) is 126 cm³/mol. The second kappa shape index (κ2) is 13.1. The molecule has 2 aromatic carbocycles. The number of halogens is 4. The van der Waals surface area contributed by atoms with Crippen molar-refractivity contribution in [3.05, 3.63) is 63.0 Å². The van der Waals surface area contributed by atoms with Crippen LogP contribution in [0.4, 0.5) is 0 Å². The smallest absolute Gasteiger partial charge is 0.133 e. The fourth-order valence-corrected chi connectivity index (χ4v) is 4.26. The van der Waals surface area contributed by atoms with Crippen molar-refractivity contribution in [2.45, 2.75) is 12.6 Å². The van der Waals surface area contributed by atoms with Crippen LogP contribution in [0.1, 0.15) is 5.56 Å². The summed E-state index contributed by atoms with van der Waals surface area (Å²) in [5.74, 6) is 0.750. The average Bonchev–Trinajstić information content (AvgIpc) is 2.63. The molecule has 1 saturated heterocycles.